The molecule has 0 amide bonds. The van der Waals surface area contributed by atoms with Crippen molar-refractivity contribution in [3.05, 3.63) is 30.0 Å². The maximum atomic E-state index is 9.68. The molecule has 0 bridgehead atoms. The number of aryl methyl sites for hydroxylation is 1. The van der Waals surface area contributed by atoms with Crippen LogP contribution in [0.25, 0.3) is 11.3 Å². The second-order valence-electron chi connectivity index (χ2n) is 3.32. The average Bonchev–Trinajstić information content (AvgIpc) is 2.71. The molecule has 78 valence electrons. The van der Waals surface area contributed by atoms with Gasteiger partial charge in [0, 0.05) is 17.8 Å². The van der Waals surface area contributed by atoms with Crippen molar-refractivity contribution < 1.29 is 10.2 Å². The van der Waals surface area contributed by atoms with E-state index in [1.807, 2.05) is 6.92 Å². The lowest BCUT2D eigenvalue weighted by Crippen LogP contribution is -1.86. The number of aromatic amines is 1. The van der Waals surface area contributed by atoms with E-state index in [2.05, 4.69) is 10.2 Å². The summed E-state index contributed by atoms with van der Waals surface area (Å²) in [5, 5.41) is 25.8. The summed E-state index contributed by atoms with van der Waals surface area (Å²) in [6.07, 6.45) is 2.33. The van der Waals surface area contributed by atoms with Gasteiger partial charge in [0.15, 0.2) is 0 Å². The minimum atomic E-state index is 0.0500. The summed E-state index contributed by atoms with van der Waals surface area (Å²) in [5.41, 5.74) is 2.20. The van der Waals surface area contributed by atoms with Crippen LogP contribution in [0.1, 0.15) is 12.5 Å². The van der Waals surface area contributed by atoms with Crippen molar-refractivity contribution in [3.8, 4) is 22.8 Å². The standard InChI is InChI=1S/C11H12N2O2/c1-2-7-5-8(9-3-4-12-13-9)11(15)6-10(7)14/h3-6,14-15H,2H2,1H3,(H,12,13). The Labute approximate surface area is 87.2 Å². The molecule has 0 unspecified atom stereocenters. The van der Waals surface area contributed by atoms with Gasteiger partial charge in [0.2, 0.25) is 0 Å². The maximum Gasteiger partial charge on any atom is 0.128 e. The molecular formula is C11H12N2O2. The Kier molecular flexibility index (Phi) is 2.33. The highest BCUT2D eigenvalue weighted by atomic mass is 16.3. The first-order chi connectivity index (χ1) is 7.22. The number of aromatic nitrogens is 2. The molecule has 0 radical (unpaired) electrons. The van der Waals surface area contributed by atoms with Gasteiger partial charge in [-0.2, -0.15) is 5.10 Å². The van der Waals surface area contributed by atoms with Crippen molar-refractivity contribution in [1.82, 2.24) is 10.2 Å². The summed E-state index contributed by atoms with van der Waals surface area (Å²) in [4.78, 5) is 0. The fraction of sp³-hybridized carbons (Fsp3) is 0.182. The van der Waals surface area contributed by atoms with Gasteiger partial charge in [-0.25, -0.2) is 0 Å². The van der Waals surface area contributed by atoms with Gasteiger partial charge in [0.25, 0.3) is 0 Å². The van der Waals surface area contributed by atoms with Crippen LogP contribution < -0.4 is 0 Å². The number of nitrogens with one attached hydrogen (secondary N) is 1. The van der Waals surface area contributed by atoms with Gasteiger partial charge >= 0.3 is 0 Å². The molecule has 0 fully saturated rings. The lowest BCUT2D eigenvalue weighted by Gasteiger charge is -2.07. The highest BCUT2D eigenvalue weighted by molar-refractivity contribution is 5.69. The van der Waals surface area contributed by atoms with Crippen LogP contribution in [-0.2, 0) is 6.42 Å². The van der Waals surface area contributed by atoms with Crippen LogP contribution in [0, 0.1) is 0 Å². The zero-order valence-electron chi connectivity index (χ0n) is 8.36. The molecule has 1 aromatic carbocycles. The molecule has 15 heavy (non-hydrogen) atoms. The van der Waals surface area contributed by atoms with Crippen molar-refractivity contribution in [2.75, 3.05) is 0 Å². The average molecular weight is 204 g/mol. The van der Waals surface area contributed by atoms with E-state index in [-0.39, 0.29) is 11.5 Å². The van der Waals surface area contributed by atoms with E-state index < -0.39 is 0 Å². The molecule has 0 aliphatic heterocycles. The van der Waals surface area contributed by atoms with Gasteiger partial charge in [-0.05, 0) is 24.1 Å². The molecule has 0 saturated carbocycles. The molecule has 0 spiro atoms. The van der Waals surface area contributed by atoms with Crippen LogP contribution in [0.3, 0.4) is 0 Å². The normalized spacial score (nSPS) is 10.5. The number of hydrogen-bond acceptors (Lipinski definition) is 3. The van der Waals surface area contributed by atoms with Crippen LogP contribution in [-0.4, -0.2) is 20.4 Å². The third-order valence-electron chi connectivity index (χ3n) is 2.37. The first-order valence-electron chi connectivity index (χ1n) is 4.77. The summed E-state index contributed by atoms with van der Waals surface area (Å²) in [5.74, 6) is 0.173. The summed E-state index contributed by atoms with van der Waals surface area (Å²) in [7, 11) is 0. The third-order valence-corrected chi connectivity index (χ3v) is 2.37. The molecule has 4 nitrogen and oxygen atoms in total. The number of benzene rings is 1. The lowest BCUT2D eigenvalue weighted by atomic mass is 10.0. The lowest BCUT2D eigenvalue weighted by molar-refractivity contribution is 0.447. The molecule has 1 aromatic heterocycles. The fourth-order valence-corrected chi connectivity index (χ4v) is 1.53. The summed E-state index contributed by atoms with van der Waals surface area (Å²) in [6.45, 7) is 1.95. The number of hydrogen-bond donors (Lipinski definition) is 3. The molecule has 2 aromatic rings. The fourth-order valence-electron chi connectivity index (χ4n) is 1.53. The highest BCUT2D eigenvalue weighted by Gasteiger charge is 2.09. The number of aromatic hydroxyl groups is 2. The summed E-state index contributed by atoms with van der Waals surface area (Å²) in [6, 6.07) is 4.89. The predicted octanol–water partition coefficient (Wildman–Crippen LogP) is 2.05. The minimum absolute atomic E-state index is 0.0500. The number of nitrogens with zero attached hydrogens (tertiary/aromatic N) is 1. The first-order valence-corrected chi connectivity index (χ1v) is 4.77. The Morgan fingerprint density at radius 3 is 2.67 bits per heavy atom. The smallest absolute Gasteiger partial charge is 0.128 e. The Bertz CT molecular complexity index is 464. The Balaban J connectivity index is 2.57. The second kappa shape index (κ2) is 3.65. The second-order valence-corrected chi connectivity index (χ2v) is 3.32. The molecule has 0 aliphatic carbocycles. The zero-order valence-corrected chi connectivity index (χ0v) is 8.36. The molecule has 1 heterocycles. The maximum absolute atomic E-state index is 9.68. The third kappa shape index (κ3) is 1.66. The van der Waals surface area contributed by atoms with Gasteiger partial charge in [0.05, 0.1) is 5.69 Å². The van der Waals surface area contributed by atoms with Gasteiger partial charge in [-0.1, -0.05) is 6.92 Å². The molecule has 3 N–H and O–H groups in total. The molecular weight excluding hydrogens is 192 g/mol. The van der Waals surface area contributed by atoms with Crippen LogP contribution in [0.5, 0.6) is 11.5 Å². The molecule has 0 saturated heterocycles. The van der Waals surface area contributed by atoms with Gasteiger partial charge in [0.1, 0.15) is 11.5 Å². The molecule has 2 rings (SSSR count). The van der Waals surface area contributed by atoms with Crippen molar-refractivity contribution in [3.63, 3.8) is 0 Å². The summed E-state index contributed by atoms with van der Waals surface area (Å²) < 4.78 is 0. The molecule has 4 heteroatoms. The van der Waals surface area contributed by atoms with Crippen LogP contribution in [0.2, 0.25) is 0 Å². The van der Waals surface area contributed by atoms with E-state index in [4.69, 9.17) is 0 Å². The van der Waals surface area contributed by atoms with E-state index in [9.17, 15) is 10.2 Å². The Morgan fingerprint density at radius 2 is 2.07 bits per heavy atom. The van der Waals surface area contributed by atoms with Crippen molar-refractivity contribution >= 4 is 0 Å². The van der Waals surface area contributed by atoms with Crippen molar-refractivity contribution in [1.29, 1.82) is 0 Å². The van der Waals surface area contributed by atoms with Gasteiger partial charge in [-0.15, -0.1) is 0 Å². The van der Waals surface area contributed by atoms with Gasteiger partial charge in [-0.3, -0.25) is 5.10 Å². The van der Waals surface area contributed by atoms with E-state index in [0.717, 1.165) is 11.3 Å². The number of phenolic OH excluding ortho intramolecular Hbond substituents is 2. The monoisotopic (exact) mass is 204 g/mol. The first kappa shape index (κ1) is 9.58. The minimum Gasteiger partial charge on any atom is -0.508 e. The van der Waals surface area contributed by atoms with Gasteiger partial charge < -0.3 is 10.2 Å². The molecule has 0 atom stereocenters. The highest BCUT2D eigenvalue weighted by Crippen LogP contribution is 2.33. The zero-order chi connectivity index (χ0) is 10.8. The Hall–Kier alpha value is -1.97. The quantitative estimate of drug-likeness (QED) is 0.701. The van der Waals surface area contributed by atoms with E-state index in [0.29, 0.717) is 12.0 Å². The Morgan fingerprint density at radius 1 is 1.27 bits per heavy atom. The SMILES string of the molecule is CCc1cc(-c2ccn[nH]2)c(O)cc1O. The van der Waals surface area contributed by atoms with Crippen LogP contribution in [0.4, 0.5) is 0 Å². The largest absolute Gasteiger partial charge is 0.508 e. The van der Waals surface area contributed by atoms with E-state index >= 15 is 0 Å². The van der Waals surface area contributed by atoms with E-state index in [1.54, 1.807) is 18.3 Å². The van der Waals surface area contributed by atoms with E-state index in [1.165, 1.54) is 6.07 Å². The molecule has 0 aliphatic rings. The number of H-pyrrole nitrogens is 1. The van der Waals surface area contributed by atoms with Crippen LogP contribution in [0.15, 0.2) is 24.4 Å². The van der Waals surface area contributed by atoms with Crippen molar-refractivity contribution in [2.45, 2.75) is 13.3 Å². The van der Waals surface area contributed by atoms with Crippen molar-refractivity contribution in [2.24, 2.45) is 0 Å². The van der Waals surface area contributed by atoms with Crippen LogP contribution >= 0.6 is 0 Å². The number of phenols is 2. The number of rotatable bonds is 2. The summed E-state index contributed by atoms with van der Waals surface area (Å²) >= 11 is 0. The predicted molar refractivity (Wildman–Crippen MR) is 56.7 cm³/mol. The topological polar surface area (TPSA) is 69.1 Å².